The van der Waals surface area contributed by atoms with Crippen LogP contribution in [-0.4, -0.2) is 45.6 Å². The van der Waals surface area contributed by atoms with Gasteiger partial charge in [0.1, 0.15) is 5.69 Å². The normalized spacial score (nSPS) is 11.4. The summed E-state index contributed by atoms with van der Waals surface area (Å²) < 4.78 is 4.57. The zero-order valence-corrected chi connectivity index (χ0v) is 16.9. The number of hydrogen-bond donors (Lipinski definition) is 3. The Labute approximate surface area is 183 Å². The maximum atomic E-state index is 12.9. The third-order valence-corrected chi connectivity index (χ3v) is 4.55. The van der Waals surface area contributed by atoms with Crippen LogP contribution in [0.2, 0.25) is 0 Å². The van der Waals surface area contributed by atoms with E-state index in [0.29, 0.717) is 0 Å². The van der Waals surface area contributed by atoms with E-state index in [9.17, 15) is 34.1 Å². The average molecular weight is 453 g/mol. The van der Waals surface area contributed by atoms with Gasteiger partial charge < -0.3 is 20.8 Å². The van der Waals surface area contributed by atoms with Crippen molar-refractivity contribution in [3.05, 3.63) is 74.2 Å². The fourth-order valence-corrected chi connectivity index (χ4v) is 2.98. The van der Waals surface area contributed by atoms with Gasteiger partial charge in [0.05, 0.1) is 34.3 Å². The predicted octanol–water partition coefficient (Wildman–Crippen LogP) is 0.395. The number of anilines is 1. The van der Waals surface area contributed by atoms with Crippen molar-refractivity contribution in [2.24, 2.45) is 5.73 Å². The first kappa shape index (κ1) is 22.7. The average Bonchev–Trinajstić information content (AvgIpc) is 2.78. The number of carbonyl (C=O) groups is 4. The number of rotatable bonds is 7. The number of fused-ring (bicyclic) bond motifs is 1. The highest BCUT2D eigenvalue weighted by Gasteiger charge is 2.38. The Morgan fingerprint density at radius 1 is 1.18 bits per heavy atom. The number of hydrogen-bond acceptors (Lipinski definition) is 9. The van der Waals surface area contributed by atoms with E-state index in [1.54, 1.807) is 0 Å². The summed E-state index contributed by atoms with van der Waals surface area (Å²) in [6.45, 7) is 0. The number of primary amides is 1. The molecule has 3 aromatic rings. The maximum absolute atomic E-state index is 12.9. The molecule has 0 saturated heterocycles. The largest absolute Gasteiger partial charge is 0.468 e. The van der Waals surface area contributed by atoms with Crippen molar-refractivity contribution in [2.75, 3.05) is 12.4 Å². The molecule has 0 aliphatic rings. The van der Waals surface area contributed by atoms with Crippen molar-refractivity contribution in [3.63, 3.8) is 0 Å². The Balaban J connectivity index is 2.03. The number of methoxy groups -OCH3 is 1. The SMILES string of the molecule is COC(=O)[C@@H](C(=O)C(=O)Nc1ccccc1C(N)=O)c1nc2ccc([N+](=O)[O-])cc2[nH]c1=O. The van der Waals surface area contributed by atoms with Gasteiger partial charge in [0.25, 0.3) is 23.1 Å². The minimum absolute atomic E-state index is 0.0196. The molecule has 33 heavy (non-hydrogen) atoms. The molecule has 0 bridgehead atoms. The van der Waals surface area contributed by atoms with Crippen LogP contribution in [0.25, 0.3) is 11.0 Å². The van der Waals surface area contributed by atoms with Gasteiger partial charge in [-0.25, -0.2) is 4.98 Å². The Hall–Kier alpha value is -4.94. The van der Waals surface area contributed by atoms with E-state index < -0.39 is 45.7 Å². The second-order valence-electron chi connectivity index (χ2n) is 6.59. The molecule has 2 aromatic carbocycles. The number of nitrogens with two attached hydrogens (primary N) is 1. The molecule has 0 spiro atoms. The van der Waals surface area contributed by atoms with Gasteiger partial charge in [0, 0.05) is 12.1 Å². The van der Waals surface area contributed by atoms with Crippen molar-refractivity contribution in [3.8, 4) is 0 Å². The summed E-state index contributed by atoms with van der Waals surface area (Å²) in [6.07, 6.45) is 0. The fourth-order valence-electron chi connectivity index (χ4n) is 2.98. The Kier molecular flexibility index (Phi) is 6.24. The molecular weight excluding hydrogens is 438 g/mol. The molecule has 2 amide bonds. The first-order valence-corrected chi connectivity index (χ1v) is 9.14. The van der Waals surface area contributed by atoms with E-state index in [0.717, 1.165) is 19.2 Å². The number of benzene rings is 2. The van der Waals surface area contributed by atoms with Crippen molar-refractivity contribution < 1.29 is 28.8 Å². The van der Waals surface area contributed by atoms with E-state index >= 15 is 0 Å². The lowest BCUT2D eigenvalue weighted by Crippen LogP contribution is -2.37. The topological polar surface area (TPSA) is 204 Å². The number of H-pyrrole nitrogens is 1. The monoisotopic (exact) mass is 453 g/mol. The number of nitro benzene ring substituents is 1. The van der Waals surface area contributed by atoms with Gasteiger partial charge in [-0.05, 0) is 18.2 Å². The molecule has 13 heteroatoms. The van der Waals surface area contributed by atoms with Gasteiger partial charge in [0.2, 0.25) is 5.78 Å². The summed E-state index contributed by atoms with van der Waals surface area (Å²) in [5.74, 6) is -6.87. The molecule has 1 aromatic heterocycles. The van der Waals surface area contributed by atoms with Crippen LogP contribution >= 0.6 is 0 Å². The van der Waals surface area contributed by atoms with Gasteiger partial charge >= 0.3 is 5.97 Å². The Morgan fingerprint density at radius 2 is 1.88 bits per heavy atom. The molecule has 0 saturated carbocycles. The predicted molar refractivity (Wildman–Crippen MR) is 112 cm³/mol. The number of para-hydroxylation sites is 1. The number of Topliss-reactive ketones (excluding diaryl/α,β-unsaturated/α-hetero) is 1. The third-order valence-electron chi connectivity index (χ3n) is 4.55. The molecule has 1 atom stereocenters. The Bertz CT molecular complexity index is 1380. The van der Waals surface area contributed by atoms with Crippen molar-refractivity contribution in [1.29, 1.82) is 0 Å². The number of amides is 2. The first-order chi connectivity index (χ1) is 15.6. The zero-order chi connectivity index (χ0) is 24.3. The van der Waals surface area contributed by atoms with Crippen LogP contribution in [0.5, 0.6) is 0 Å². The summed E-state index contributed by atoms with van der Waals surface area (Å²) in [4.78, 5) is 78.4. The minimum Gasteiger partial charge on any atom is -0.468 e. The summed E-state index contributed by atoms with van der Waals surface area (Å²) in [6, 6.07) is 8.95. The molecule has 13 nitrogen and oxygen atoms in total. The number of aromatic amines is 1. The van der Waals surface area contributed by atoms with Crippen LogP contribution < -0.4 is 16.6 Å². The lowest BCUT2D eigenvalue weighted by atomic mass is 9.99. The molecule has 0 radical (unpaired) electrons. The van der Waals surface area contributed by atoms with Gasteiger partial charge in [-0.1, -0.05) is 12.1 Å². The Morgan fingerprint density at radius 3 is 2.52 bits per heavy atom. The number of ketones is 1. The second-order valence-corrected chi connectivity index (χ2v) is 6.59. The maximum Gasteiger partial charge on any atom is 0.323 e. The lowest BCUT2D eigenvalue weighted by Gasteiger charge is -2.14. The van der Waals surface area contributed by atoms with Gasteiger partial charge in [0.15, 0.2) is 5.92 Å². The van der Waals surface area contributed by atoms with E-state index in [1.165, 1.54) is 30.3 Å². The number of nitrogens with one attached hydrogen (secondary N) is 2. The summed E-state index contributed by atoms with van der Waals surface area (Å²) in [5.41, 5.74) is 3.08. The number of ether oxygens (including phenoxy) is 1. The van der Waals surface area contributed by atoms with E-state index in [4.69, 9.17) is 5.73 Å². The van der Waals surface area contributed by atoms with Crippen LogP contribution in [0.15, 0.2) is 47.3 Å². The third kappa shape index (κ3) is 4.56. The quantitative estimate of drug-likeness (QED) is 0.149. The second kappa shape index (κ2) is 9.05. The molecule has 0 aliphatic carbocycles. The van der Waals surface area contributed by atoms with Crippen molar-refractivity contribution >= 4 is 46.0 Å². The molecule has 3 rings (SSSR count). The minimum atomic E-state index is -2.04. The van der Waals surface area contributed by atoms with Crippen molar-refractivity contribution in [2.45, 2.75) is 5.92 Å². The van der Waals surface area contributed by atoms with Crippen LogP contribution in [0.4, 0.5) is 11.4 Å². The smallest absolute Gasteiger partial charge is 0.323 e. The molecule has 0 aliphatic heterocycles. The summed E-state index contributed by atoms with van der Waals surface area (Å²) in [7, 11) is 0.946. The first-order valence-electron chi connectivity index (χ1n) is 9.14. The standard InChI is InChI=1S/C20H15N5O8/c1-33-20(30)14(16(26)19(29)23-11-5-3-2-4-10(11)17(21)27)15-18(28)24-13-8-9(25(31)32)6-7-12(13)22-15/h2-8,14H,1H3,(H2,21,27)(H,23,29)(H,24,28)/t14-/m1/s1. The highest BCUT2D eigenvalue weighted by atomic mass is 16.6. The molecule has 4 N–H and O–H groups in total. The van der Waals surface area contributed by atoms with Gasteiger partial charge in [-0.15, -0.1) is 0 Å². The lowest BCUT2D eigenvalue weighted by molar-refractivity contribution is -0.384. The van der Waals surface area contributed by atoms with Crippen LogP contribution in [-0.2, 0) is 19.1 Å². The van der Waals surface area contributed by atoms with E-state index in [1.807, 2.05) is 0 Å². The highest BCUT2D eigenvalue weighted by Crippen LogP contribution is 2.21. The molecule has 0 unspecified atom stereocenters. The number of carbonyl (C=O) groups excluding carboxylic acids is 4. The van der Waals surface area contributed by atoms with E-state index in [2.05, 4.69) is 20.0 Å². The van der Waals surface area contributed by atoms with Crippen LogP contribution in [0, 0.1) is 10.1 Å². The van der Waals surface area contributed by atoms with Crippen molar-refractivity contribution in [1.82, 2.24) is 9.97 Å². The highest BCUT2D eigenvalue weighted by molar-refractivity contribution is 6.45. The zero-order valence-electron chi connectivity index (χ0n) is 16.9. The number of esters is 1. The number of non-ortho nitro benzene ring substituents is 1. The van der Waals surface area contributed by atoms with Gasteiger partial charge in [-0.2, -0.15) is 0 Å². The number of nitrogens with zero attached hydrogens (tertiary/aromatic N) is 2. The molecule has 1 heterocycles. The van der Waals surface area contributed by atoms with Crippen LogP contribution in [0.3, 0.4) is 0 Å². The molecular formula is C20H15N5O8. The number of nitro groups is 1. The molecule has 0 fully saturated rings. The fraction of sp³-hybridized carbons (Fsp3) is 0.100. The van der Waals surface area contributed by atoms with E-state index in [-0.39, 0.29) is 28.0 Å². The summed E-state index contributed by atoms with van der Waals surface area (Å²) >= 11 is 0. The van der Waals surface area contributed by atoms with Gasteiger partial charge in [-0.3, -0.25) is 34.1 Å². The van der Waals surface area contributed by atoms with Crippen LogP contribution in [0.1, 0.15) is 22.0 Å². The molecule has 168 valence electrons. The summed E-state index contributed by atoms with van der Waals surface area (Å²) in [5, 5.41) is 13.1. The number of aromatic nitrogens is 2.